The van der Waals surface area contributed by atoms with Crippen molar-refractivity contribution in [1.29, 1.82) is 0 Å². The lowest BCUT2D eigenvalue weighted by Gasteiger charge is -2.48. The molecule has 0 unspecified atom stereocenters. The molecule has 6 rings (SSSR count). The Hall–Kier alpha value is -3.67. The molecule has 39 heavy (non-hydrogen) atoms. The van der Waals surface area contributed by atoms with E-state index < -0.39 is 11.4 Å². The SMILES string of the molecule is C[N+]1=C(C=Cc2cc3cc4c5c(c3oc2=O)C(C)(C)CCN5CCC4(C)C)C(C)(C)c2cc(C(=O)O)ccc21. The van der Waals surface area contributed by atoms with E-state index in [0.717, 1.165) is 53.8 Å². The number of carboxylic acid groups (broad SMARTS) is 1. The van der Waals surface area contributed by atoms with E-state index in [1.54, 1.807) is 12.1 Å². The van der Waals surface area contributed by atoms with E-state index in [9.17, 15) is 14.7 Å². The van der Waals surface area contributed by atoms with Crippen molar-refractivity contribution in [3.63, 3.8) is 0 Å². The number of anilines is 1. The van der Waals surface area contributed by atoms with Gasteiger partial charge in [0.05, 0.1) is 16.5 Å². The molecule has 0 bridgehead atoms. The molecule has 1 N–H and O–H groups in total. The third-order valence-corrected chi connectivity index (χ3v) is 9.46. The quantitative estimate of drug-likeness (QED) is 0.317. The molecule has 3 aliphatic rings. The fourth-order valence-corrected chi connectivity index (χ4v) is 6.92. The Labute approximate surface area is 229 Å². The molecular weight excluding hydrogens is 488 g/mol. The highest BCUT2D eigenvalue weighted by Crippen LogP contribution is 2.51. The van der Waals surface area contributed by atoms with Crippen LogP contribution in [0.5, 0.6) is 0 Å². The van der Waals surface area contributed by atoms with Crippen molar-refractivity contribution in [2.75, 3.05) is 25.0 Å². The number of fused-ring (bicyclic) bond motifs is 3. The van der Waals surface area contributed by atoms with Crippen molar-refractivity contribution >= 4 is 40.1 Å². The van der Waals surface area contributed by atoms with Gasteiger partial charge in [-0.15, -0.1) is 0 Å². The smallest absolute Gasteiger partial charge is 0.343 e. The fourth-order valence-electron chi connectivity index (χ4n) is 6.92. The third-order valence-electron chi connectivity index (χ3n) is 9.46. The minimum atomic E-state index is -0.940. The lowest BCUT2D eigenvalue weighted by Crippen LogP contribution is -2.44. The predicted molar refractivity (Wildman–Crippen MR) is 156 cm³/mol. The maximum atomic E-state index is 13.4. The number of allylic oxidation sites excluding steroid dienone is 1. The summed E-state index contributed by atoms with van der Waals surface area (Å²) in [6.45, 7) is 15.4. The number of carbonyl (C=O) groups is 1. The van der Waals surface area contributed by atoms with Crippen LogP contribution in [0.2, 0.25) is 0 Å². The monoisotopic (exact) mass is 525 g/mol. The van der Waals surface area contributed by atoms with Crippen molar-refractivity contribution in [2.45, 2.75) is 70.6 Å². The van der Waals surface area contributed by atoms with Crippen molar-refractivity contribution in [3.8, 4) is 0 Å². The minimum absolute atomic E-state index is 0.0430. The Balaban J connectivity index is 1.48. The zero-order valence-corrected chi connectivity index (χ0v) is 23.9. The van der Waals surface area contributed by atoms with Gasteiger partial charge in [-0.1, -0.05) is 27.7 Å². The van der Waals surface area contributed by atoms with E-state index in [1.165, 1.54) is 11.3 Å². The Morgan fingerprint density at radius 2 is 1.67 bits per heavy atom. The summed E-state index contributed by atoms with van der Waals surface area (Å²) in [5, 5.41) is 10.5. The molecule has 3 aliphatic heterocycles. The standard InChI is InChI=1S/C33H36N2O4/c1-31(2)12-14-35-15-13-32(3,4)26-27(35)23(31)18-21-16-20(30(38)39-28(21)26)9-11-25-33(5,6)22-17-19(29(36)37)8-10-24(22)34(25)7/h8-11,16-18H,12-15H2,1-7H3/p+1. The van der Waals surface area contributed by atoms with Crippen LogP contribution in [-0.2, 0) is 16.2 Å². The minimum Gasteiger partial charge on any atom is -0.478 e. The first kappa shape index (κ1) is 25.6. The number of hydrogen-bond acceptors (Lipinski definition) is 4. The van der Waals surface area contributed by atoms with Gasteiger partial charge < -0.3 is 14.4 Å². The topological polar surface area (TPSA) is 73.8 Å². The van der Waals surface area contributed by atoms with Crippen LogP contribution in [0.4, 0.5) is 11.4 Å². The summed E-state index contributed by atoms with van der Waals surface area (Å²) in [5.74, 6) is -0.940. The van der Waals surface area contributed by atoms with E-state index in [2.05, 4.69) is 57.1 Å². The van der Waals surface area contributed by atoms with Crippen LogP contribution in [-0.4, -0.2) is 41.5 Å². The second-order valence-electron chi connectivity index (χ2n) is 13.2. The highest BCUT2D eigenvalue weighted by atomic mass is 16.4. The maximum Gasteiger partial charge on any atom is 0.343 e. The Morgan fingerprint density at radius 1 is 0.974 bits per heavy atom. The van der Waals surface area contributed by atoms with Crippen molar-refractivity contribution in [1.82, 2.24) is 0 Å². The first-order chi connectivity index (χ1) is 18.2. The Kier molecular flexibility index (Phi) is 5.36. The van der Waals surface area contributed by atoms with Crippen molar-refractivity contribution in [3.05, 3.63) is 74.6 Å². The molecule has 0 fully saturated rings. The molecule has 0 radical (unpaired) electrons. The molecule has 2 aromatic carbocycles. The van der Waals surface area contributed by atoms with E-state index in [1.807, 2.05) is 31.3 Å². The van der Waals surface area contributed by atoms with Gasteiger partial charge in [-0.25, -0.2) is 9.59 Å². The number of nitrogens with zero attached hydrogens (tertiary/aromatic N) is 2. The van der Waals surface area contributed by atoms with Gasteiger partial charge in [-0.3, -0.25) is 0 Å². The molecule has 6 nitrogen and oxygen atoms in total. The Bertz CT molecular complexity index is 1700. The number of aromatic carboxylic acids is 1. The molecule has 0 spiro atoms. The van der Waals surface area contributed by atoms with Crippen LogP contribution in [0.1, 0.15) is 87.0 Å². The van der Waals surface area contributed by atoms with Crippen LogP contribution in [0, 0.1) is 0 Å². The van der Waals surface area contributed by atoms with E-state index in [-0.39, 0.29) is 22.0 Å². The van der Waals surface area contributed by atoms with Gasteiger partial charge >= 0.3 is 11.6 Å². The van der Waals surface area contributed by atoms with Crippen molar-refractivity contribution < 1.29 is 18.9 Å². The molecule has 4 heterocycles. The fraction of sp³-hybridized carbons (Fsp3) is 0.424. The second-order valence-corrected chi connectivity index (χ2v) is 13.2. The lowest BCUT2D eigenvalue weighted by atomic mass is 9.69. The molecular formula is C33H37N2O4+. The second kappa shape index (κ2) is 8.17. The molecule has 0 saturated heterocycles. The highest BCUT2D eigenvalue weighted by Gasteiger charge is 2.44. The number of hydrogen-bond donors (Lipinski definition) is 1. The average Bonchev–Trinajstić information content (AvgIpc) is 3.05. The molecule has 1 aromatic heterocycles. The number of benzene rings is 2. The largest absolute Gasteiger partial charge is 0.478 e. The summed E-state index contributed by atoms with van der Waals surface area (Å²) in [6.07, 6.45) is 5.93. The third kappa shape index (κ3) is 3.71. The van der Waals surface area contributed by atoms with Gasteiger partial charge in [-0.2, -0.15) is 4.58 Å². The van der Waals surface area contributed by atoms with E-state index in [4.69, 9.17) is 4.42 Å². The summed E-state index contributed by atoms with van der Waals surface area (Å²) in [4.78, 5) is 27.4. The summed E-state index contributed by atoms with van der Waals surface area (Å²) in [7, 11) is 1.98. The number of carboxylic acids is 1. The van der Waals surface area contributed by atoms with Gasteiger partial charge in [-0.05, 0) is 73.4 Å². The van der Waals surface area contributed by atoms with Crippen LogP contribution in [0.15, 0.2) is 45.6 Å². The number of rotatable bonds is 3. The molecule has 0 aliphatic carbocycles. The molecule has 0 amide bonds. The van der Waals surface area contributed by atoms with Gasteiger partial charge in [0.15, 0.2) is 5.71 Å². The molecule has 0 atom stereocenters. The average molecular weight is 526 g/mol. The molecule has 202 valence electrons. The summed E-state index contributed by atoms with van der Waals surface area (Å²) >= 11 is 0. The van der Waals surface area contributed by atoms with Gasteiger partial charge in [0.25, 0.3) is 0 Å². The normalized spacial score (nSPS) is 20.4. The van der Waals surface area contributed by atoms with Gasteiger partial charge in [0.2, 0.25) is 5.69 Å². The zero-order valence-electron chi connectivity index (χ0n) is 23.9. The maximum absolute atomic E-state index is 13.4. The Morgan fingerprint density at radius 3 is 2.36 bits per heavy atom. The first-order valence-corrected chi connectivity index (χ1v) is 13.8. The lowest BCUT2D eigenvalue weighted by molar-refractivity contribution is -0.401. The highest BCUT2D eigenvalue weighted by molar-refractivity contribution is 6.06. The van der Waals surface area contributed by atoms with E-state index >= 15 is 0 Å². The zero-order chi connectivity index (χ0) is 28.1. The van der Waals surface area contributed by atoms with Gasteiger partial charge in [0, 0.05) is 47.4 Å². The molecule has 3 aromatic rings. The predicted octanol–water partition coefficient (Wildman–Crippen LogP) is 6.38. The van der Waals surface area contributed by atoms with Crippen LogP contribution < -0.4 is 10.5 Å². The molecule has 6 heteroatoms. The summed E-state index contributed by atoms with van der Waals surface area (Å²) < 4.78 is 8.21. The summed E-state index contributed by atoms with van der Waals surface area (Å²) in [5.41, 5.74) is 7.35. The summed E-state index contributed by atoms with van der Waals surface area (Å²) in [6, 6.07) is 9.46. The van der Waals surface area contributed by atoms with Crippen LogP contribution in [0.25, 0.3) is 17.0 Å². The molecule has 0 saturated carbocycles. The van der Waals surface area contributed by atoms with Crippen LogP contribution >= 0.6 is 0 Å². The first-order valence-electron chi connectivity index (χ1n) is 13.8. The van der Waals surface area contributed by atoms with E-state index in [0.29, 0.717) is 11.1 Å². The van der Waals surface area contributed by atoms with Crippen LogP contribution in [0.3, 0.4) is 0 Å². The van der Waals surface area contributed by atoms with Crippen molar-refractivity contribution in [2.24, 2.45) is 0 Å². The van der Waals surface area contributed by atoms with Gasteiger partial charge in [0.1, 0.15) is 12.6 Å².